The van der Waals surface area contributed by atoms with Gasteiger partial charge < -0.3 is 20.3 Å². The van der Waals surface area contributed by atoms with Gasteiger partial charge in [0, 0.05) is 6.42 Å². The van der Waals surface area contributed by atoms with Crippen molar-refractivity contribution in [2.45, 2.75) is 225 Å². The second kappa shape index (κ2) is 45.1. The van der Waals surface area contributed by atoms with Crippen molar-refractivity contribution in [1.82, 2.24) is 5.32 Å². The SMILES string of the molecule is CC/C=C/C/C=C/C/C=C/C/C=C/CCCCCC(=O)OC(CCCCCC/C=C/C/C=C/C/C=C/CC)CC(=O)NC(CO)C(O)CCCCCCCCCCC. The van der Waals surface area contributed by atoms with E-state index in [2.05, 4.69) is 111 Å². The van der Waals surface area contributed by atoms with Crippen molar-refractivity contribution in [3.63, 3.8) is 0 Å². The van der Waals surface area contributed by atoms with E-state index in [0.29, 0.717) is 19.3 Å². The lowest BCUT2D eigenvalue weighted by molar-refractivity contribution is -0.151. The fourth-order valence-electron chi connectivity index (χ4n) is 6.67. The third-order valence-corrected chi connectivity index (χ3v) is 10.2. The standard InChI is InChI=1S/C52H89NO5/c1-4-7-10-13-16-19-21-23-25-26-28-30-33-36-39-42-45-52(57)58-48(43-40-37-34-32-29-27-24-22-20-17-14-11-8-5-2)46-51(56)53-49(47-54)50(55)44-41-38-35-31-18-15-12-9-6-3/h7-8,10-11,16-17,19-20,23-25,27-28,30,48-50,54-55H,4-6,9,12-15,18,21-22,26,29,31-47H2,1-3H3,(H,53,56)/b10-7+,11-8+,19-16+,20-17+,25-23+,27-24+,30-28+. The van der Waals surface area contributed by atoms with Crippen molar-refractivity contribution < 1.29 is 24.5 Å². The summed E-state index contributed by atoms with van der Waals surface area (Å²) in [5.74, 6) is -0.542. The van der Waals surface area contributed by atoms with E-state index in [1.807, 2.05) is 0 Å². The van der Waals surface area contributed by atoms with E-state index in [1.54, 1.807) is 0 Å². The van der Waals surface area contributed by atoms with Crippen molar-refractivity contribution in [3.05, 3.63) is 85.1 Å². The van der Waals surface area contributed by atoms with Gasteiger partial charge in [-0.25, -0.2) is 0 Å². The van der Waals surface area contributed by atoms with Crippen LogP contribution in [0.2, 0.25) is 0 Å². The van der Waals surface area contributed by atoms with Crippen molar-refractivity contribution in [3.8, 4) is 0 Å². The van der Waals surface area contributed by atoms with Crippen LogP contribution in [0.4, 0.5) is 0 Å². The van der Waals surface area contributed by atoms with Crippen LogP contribution in [0.25, 0.3) is 0 Å². The van der Waals surface area contributed by atoms with Gasteiger partial charge >= 0.3 is 5.97 Å². The minimum atomic E-state index is -0.802. The van der Waals surface area contributed by atoms with Crippen LogP contribution < -0.4 is 5.32 Å². The number of amides is 1. The van der Waals surface area contributed by atoms with E-state index >= 15 is 0 Å². The summed E-state index contributed by atoms with van der Waals surface area (Å²) in [7, 11) is 0. The number of aliphatic hydroxyl groups is 2. The number of nitrogens with one attached hydrogen (secondary N) is 1. The fourth-order valence-corrected chi connectivity index (χ4v) is 6.67. The number of carbonyl (C=O) groups is 2. The van der Waals surface area contributed by atoms with Crippen molar-refractivity contribution >= 4 is 11.9 Å². The molecule has 0 radical (unpaired) electrons. The zero-order valence-corrected chi connectivity index (χ0v) is 37.6. The number of rotatable bonds is 41. The first-order chi connectivity index (χ1) is 28.5. The van der Waals surface area contributed by atoms with E-state index in [9.17, 15) is 19.8 Å². The van der Waals surface area contributed by atoms with Gasteiger partial charge in [-0.1, -0.05) is 183 Å². The van der Waals surface area contributed by atoms with Crippen LogP contribution in [0.5, 0.6) is 0 Å². The van der Waals surface area contributed by atoms with E-state index in [-0.39, 0.29) is 24.9 Å². The molecule has 332 valence electrons. The first-order valence-electron chi connectivity index (χ1n) is 23.8. The van der Waals surface area contributed by atoms with Crippen LogP contribution in [0.15, 0.2) is 85.1 Å². The molecular formula is C52H89NO5. The monoisotopic (exact) mass is 808 g/mol. The fraction of sp³-hybridized carbons (Fsp3) is 0.692. The Hall–Kier alpha value is -2.96. The average molecular weight is 808 g/mol. The summed E-state index contributed by atoms with van der Waals surface area (Å²) in [6.45, 7) is 6.21. The molecular weight excluding hydrogens is 719 g/mol. The van der Waals surface area contributed by atoms with Gasteiger partial charge in [-0.05, 0) is 96.3 Å². The summed E-state index contributed by atoms with van der Waals surface area (Å²) in [4.78, 5) is 26.0. The highest BCUT2D eigenvalue weighted by atomic mass is 16.5. The normalized spacial score (nSPS) is 14.1. The van der Waals surface area contributed by atoms with E-state index in [0.717, 1.165) is 122 Å². The Labute approximate surface area is 357 Å². The number of hydrogen-bond donors (Lipinski definition) is 3. The highest BCUT2D eigenvalue weighted by Gasteiger charge is 2.24. The largest absolute Gasteiger partial charge is 0.462 e. The summed E-state index contributed by atoms with van der Waals surface area (Å²) in [5, 5.41) is 23.6. The number of esters is 1. The van der Waals surface area contributed by atoms with Gasteiger partial charge in [0.15, 0.2) is 0 Å². The average Bonchev–Trinajstić information content (AvgIpc) is 3.22. The first kappa shape index (κ1) is 55.0. The number of ether oxygens (including phenoxy) is 1. The Morgan fingerprint density at radius 1 is 0.517 bits per heavy atom. The molecule has 0 rings (SSSR count). The predicted molar refractivity (Wildman–Crippen MR) is 250 cm³/mol. The van der Waals surface area contributed by atoms with Crippen LogP contribution in [0, 0.1) is 0 Å². The van der Waals surface area contributed by atoms with Crippen molar-refractivity contribution in [2.24, 2.45) is 0 Å². The minimum Gasteiger partial charge on any atom is -0.462 e. The van der Waals surface area contributed by atoms with Gasteiger partial charge in [0.25, 0.3) is 0 Å². The molecule has 0 saturated carbocycles. The molecule has 6 nitrogen and oxygen atoms in total. The highest BCUT2D eigenvalue weighted by molar-refractivity contribution is 5.77. The number of carbonyl (C=O) groups excluding carboxylic acids is 2. The molecule has 0 aliphatic rings. The highest BCUT2D eigenvalue weighted by Crippen LogP contribution is 2.17. The molecule has 3 atom stereocenters. The molecule has 0 aromatic carbocycles. The Morgan fingerprint density at radius 3 is 1.41 bits per heavy atom. The second-order valence-electron chi connectivity index (χ2n) is 15.7. The van der Waals surface area contributed by atoms with Gasteiger partial charge in [0.05, 0.1) is 25.2 Å². The number of hydrogen-bond acceptors (Lipinski definition) is 5. The number of aliphatic hydroxyl groups excluding tert-OH is 2. The summed E-state index contributed by atoms with van der Waals surface area (Å²) >= 11 is 0. The lowest BCUT2D eigenvalue weighted by atomic mass is 10.0. The Morgan fingerprint density at radius 2 is 0.931 bits per heavy atom. The lowest BCUT2D eigenvalue weighted by Gasteiger charge is -2.24. The molecule has 0 bridgehead atoms. The van der Waals surface area contributed by atoms with Crippen LogP contribution in [0.1, 0.15) is 207 Å². The third-order valence-electron chi connectivity index (χ3n) is 10.2. The van der Waals surface area contributed by atoms with E-state index < -0.39 is 18.2 Å². The molecule has 0 aliphatic heterocycles. The van der Waals surface area contributed by atoms with Gasteiger partial charge in [0.2, 0.25) is 5.91 Å². The Balaban J connectivity index is 4.71. The molecule has 0 spiro atoms. The summed E-state index contributed by atoms with van der Waals surface area (Å²) < 4.78 is 5.89. The molecule has 0 aromatic rings. The number of allylic oxidation sites excluding steroid dienone is 14. The maximum Gasteiger partial charge on any atom is 0.306 e. The zero-order chi connectivity index (χ0) is 42.4. The van der Waals surface area contributed by atoms with Crippen molar-refractivity contribution in [2.75, 3.05) is 6.61 Å². The van der Waals surface area contributed by atoms with E-state index in [1.165, 1.54) is 38.5 Å². The molecule has 58 heavy (non-hydrogen) atoms. The molecule has 0 aliphatic carbocycles. The summed E-state index contributed by atoms with van der Waals surface area (Å²) in [5.41, 5.74) is 0. The van der Waals surface area contributed by atoms with Gasteiger partial charge in [-0.2, -0.15) is 0 Å². The predicted octanol–water partition coefficient (Wildman–Crippen LogP) is 14.0. The smallest absolute Gasteiger partial charge is 0.306 e. The van der Waals surface area contributed by atoms with Crippen LogP contribution in [0.3, 0.4) is 0 Å². The molecule has 3 unspecified atom stereocenters. The molecule has 0 fully saturated rings. The molecule has 1 amide bonds. The Kier molecular flexibility index (Phi) is 42.8. The zero-order valence-electron chi connectivity index (χ0n) is 37.6. The van der Waals surface area contributed by atoms with Crippen LogP contribution in [-0.4, -0.2) is 46.9 Å². The first-order valence-corrected chi connectivity index (χ1v) is 23.8. The summed E-state index contributed by atoms with van der Waals surface area (Å²) in [6.07, 6.45) is 57.8. The van der Waals surface area contributed by atoms with E-state index in [4.69, 9.17) is 4.74 Å². The molecule has 6 heteroatoms. The van der Waals surface area contributed by atoms with Crippen LogP contribution >= 0.6 is 0 Å². The lowest BCUT2D eigenvalue weighted by Crippen LogP contribution is -2.46. The number of unbranched alkanes of at least 4 members (excludes halogenated alkanes) is 15. The van der Waals surface area contributed by atoms with Gasteiger partial charge in [-0.3, -0.25) is 9.59 Å². The topological polar surface area (TPSA) is 95.9 Å². The third kappa shape index (κ3) is 39.8. The maximum absolute atomic E-state index is 13.1. The maximum atomic E-state index is 13.1. The van der Waals surface area contributed by atoms with Gasteiger partial charge in [0.1, 0.15) is 6.10 Å². The molecule has 0 saturated heterocycles. The minimum absolute atomic E-state index is 0.0450. The molecule has 0 heterocycles. The molecule has 3 N–H and O–H groups in total. The van der Waals surface area contributed by atoms with Gasteiger partial charge in [-0.15, -0.1) is 0 Å². The summed E-state index contributed by atoms with van der Waals surface area (Å²) in [6, 6.07) is -0.718. The quantitative estimate of drug-likeness (QED) is 0.0325. The molecule has 0 aromatic heterocycles. The van der Waals surface area contributed by atoms with Crippen LogP contribution in [-0.2, 0) is 14.3 Å². The Bertz CT molecular complexity index is 1130. The second-order valence-corrected chi connectivity index (χ2v) is 15.7. The van der Waals surface area contributed by atoms with Crippen molar-refractivity contribution in [1.29, 1.82) is 0 Å².